The molecule has 0 radical (unpaired) electrons. The van der Waals surface area contributed by atoms with E-state index in [1.165, 1.54) is 0 Å². The van der Waals surface area contributed by atoms with Crippen LogP contribution in [0.1, 0.15) is 61.3 Å². The third-order valence-corrected chi connectivity index (χ3v) is 5.68. The zero-order valence-corrected chi connectivity index (χ0v) is 18.4. The van der Waals surface area contributed by atoms with Crippen molar-refractivity contribution in [2.75, 3.05) is 6.61 Å². The van der Waals surface area contributed by atoms with E-state index in [0.717, 1.165) is 23.1 Å². The zero-order chi connectivity index (χ0) is 22.4. The van der Waals surface area contributed by atoms with Crippen molar-refractivity contribution in [1.82, 2.24) is 4.90 Å². The van der Waals surface area contributed by atoms with Crippen LogP contribution in [0.5, 0.6) is 0 Å². The SMILES string of the molecule is CCCC1=C(C(=O)OCC)C(c2ccccc2C)CC(=O)N1Cc1ccccc1C#N. The maximum atomic E-state index is 13.4. The Morgan fingerprint density at radius 1 is 1.16 bits per heavy atom. The van der Waals surface area contributed by atoms with Crippen molar-refractivity contribution < 1.29 is 14.3 Å². The zero-order valence-electron chi connectivity index (χ0n) is 18.4. The average Bonchev–Trinajstić information content (AvgIpc) is 2.76. The molecule has 0 saturated carbocycles. The topological polar surface area (TPSA) is 70.4 Å². The number of amides is 1. The first-order chi connectivity index (χ1) is 15.0. The van der Waals surface area contributed by atoms with Crippen molar-refractivity contribution in [2.45, 2.75) is 52.5 Å². The highest BCUT2D eigenvalue weighted by molar-refractivity contribution is 5.96. The lowest BCUT2D eigenvalue weighted by molar-refractivity contribution is -0.140. The number of nitriles is 1. The number of aryl methyl sites for hydroxylation is 1. The Bertz CT molecular complexity index is 1050. The number of ether oxygens (including phenoxy) is 1. The molecule has 0 N–H and O–H groups in total. The first kappa shape index (κ1) is 22.3. The van der Waals surface area contributed by atoms with Crippen LogP contribution < -0.4 is 0 Å². The maximum Gasteiger partial charge on any atom is 0.336 e. The minimum atomic E-state index is -0.370. The maximum absolute atomic E-state index is 13.4. The molecule has 1 unspecified atom stereocenters. The minimum Gasteiger partial charge on any atom is -0.463 e. The molecule has 0 fully saturated rings. The summed E-state index contributed by atoms with van der Waals surface area (Å²) in [5.74, 6) is -0.750. The molecule has 0 saturated heterocycles. The smallest absolute Gasteiger partial charge is 0.336 e. The van der Waals surface area contributed by atoms with Crippen LogP contribution in [0.4, 0.5) is 0 Å². The van der Waals surface area contributed by atoms with E-state index in [1.54, 1.807) is 24.0 Å². The standard InChI is InChI=1S/C26H28N2O3/c1-4-10-23-25(26(30)31-5-2)22(21-14-9-6-11-18(21)3)15-24(29)28(23)17-20-13-8-7-12-19(20)16-27/h6-9,11-14,22H,4-5,10,15,17H2,1-3H3. The van der Waals surface area contributed by atoms with Gasteiger partial charge < -0.3 is 9.64 Å². The minimum absolute atomic E-state index is 0.0440. The highest BCUT2D eigenvalue weighted by Crippen LogP contribution is 2.40. The van der Waals surface area contributed by atoms with Gasteiger partial charge in [-0.3, -0.25) is 4.79 Å². The lowest BCUT2D eigenvalue weighted by Gasteiger charge is -2.36. The number of esters is 1. The van der Waals surface area contributed by atoms with E-state index in [1.807, 2.05) is 50.2 Å². The molecule has 0 aliphatic carbocycles. The van der Waals surface area contributed by atoms with Gasteiger partial charge in [0.05, 0.1) is 30.4 Å². The lowest BCUT2D eigenvalue weighted by Crippen LogP contribution is -2.39. The third-order valence-electron chi connectivity index (χ3n) is 5.68. The van der Waals surface area contributed by atoms with Gasteiger partial charge in [0.1, 0.15) is 0 Å². The van der Waals surface area contributed by atoms with Crippen LogP contribution >= 0.6 is 0 Å². The summed E-state index contributed by atoms with van der Waals surface area (Å²) < 4.78 is 5.44. The van der Waals surface area contributed by atoms with E-state index < -0.39 is 0 Å². The monoisotopic (exact) mass is 416 g/mol. The van der Waals surface area contributed by atoms with Crippen molar-refractivity contribution in [3.05, 3.63) is 82.1 Å². The summed E-state index contributed by atoms with van der Waals surface area (Å²) in [7, 11) is 0. The number of benzene rings is 2. The van der Waals surface area contributed by atoms with E-state index in [9.17, 15) is 14.9 Å². The Labute approximate surface area is 183 Å². The molecule has 1 amide bonds. The molecule has 3 rings (SSSR count). The molecule has 1 heterocycles. The molecular formula is C26H28N2O3. The number of carbonyl (C=O) groups excluding carboxylic acids is 2. The molecule has 160 valence electrons. The molecule has 1 aliphatic rings. The van der Waals surface area contributed by atoms with Gasteiger partial charge in [-0.05, 0) is 43.0 Å². The van der Waals surface area contributed by atoms with Gasteiger partial charge in [0.15, 0.2) is 0 Å². The second-order valence-corrected chi connectivity index (χ2v) is 7.69. The largest absolute Gasteiger partial charge is 0.463 e. The van der Waals surface area contributed by atoms with Crippen LogP contribution in [-0.4, -0.2) is 23.4 Å². The molecule has 5 heteroatoms. The van der Waals surface area contributed by atoms with Crippen molar-refractivity contribution in [2.24, 2.45) is 0 Å². The molecule has 5 nitrogen and oxygen atoms in total. The van der Waals surface area contributed by atoms with Crippen molar-refractivity contribution >= 4 is 11.9 Å². The summed E-state index contributed by atoms with van der Waals surface area (Å²) in [6.07, 6.45) is 1.56. The van der Waals surface area contributed by atoms with Gasteiger partial charge in [0.25, 0.3) is 0 Å². The van der Waals surface area contributed by atoms with Gasteiger partial charge in [-0.15, -0.1) is 0 Å². The second-order valence-electron chi connectivity index (χ2n) is 7.69. The quantitative estimate of drug-likeness (QED) is 0.596. The van der Waals surface area contributed by atoms with Gasteiger partial charge >= 0.3 is 5.97 Å². The Morgan fingerprint density at radius 2 is 1.87 bits per heavy atom. The molecule has 1 atom stereocenters. The first-order valence-electron chi connectivity index (χ1n) is 10.8. The Hall–Kier alpha value is -3.39. The van der Waals surface area contributed by atoms with Crippen LogP contribution in [0.2, 0.25) is 0 Å². The fraction of sp³-hybridized carbons (Fsp3) is 0.346. The predicted molar refractivity (Wildman–Crippen MR) is 119 cm³/mol. The molecule has 0 bridgehead atoms. The molecule has 0 aromatic heterocycles. The molecule has 0 spiro atoms. The summed E-state index contributed by atoms with van der Waals surface area (Å²) in [6.45, 7) is 6.35. The second kappa shape index (κ2) is 10.1. The summed E-state index contributed by atoms with van der Waals surface area (Å²) in [5, 5.41) is 9.47. The fourth-order valence-corrected chi connectivity index (χ4v) is 4.22. The molecule has 2 aromatic rings. The number of hydrogen-bond donors (Lipinski definition) is 0. The third kappa shape index (κ3) is 4.69. The lowest BCUT2D eigenvalue weighted by atomic mass is 9.80. The van der Waals surface area contributed by atoms with Crippen LogP contribution in [0.15, 0.2) is 59.8 Å². The first-order valence-corrected chi connectivity index (χ1v) is 10.8. The normalized spacial score (nSPS) is 16.3. The Morgan fingerprint density at radius 3 is 2.55 bits per heavy atom. The Kier molecular flexibility index (Phi) is 7.25. The van der Waals surface area contributed by atoms with Gasteiger partial charge in [-0.1, -0.05) is 55.8 Å². The fourth-order valence-electron chi connectivity index (χ4n) is 4.22. The molecule has 31 heavy (non-hydrogen) atoms. The Balaban J connectivity index is 2.16. The van der Waals surface area contributed by atoms with Crippen molar-refractivity contribution in [3.8, 4) is 6.07 Å². The predicted octanol–water partition coefficient (Wildman–Crippen LogP) is 5.00. The van der Waals surface area contributed by atoms with E-state index >= 15 is 0 Å². The van der Waals surface area contributed by atoms with Crippen LogP contribution in [0.25, 0.3) is 0 Å². The summed E-state index contributed by atoms with van der Waals surface area (Å²) in [6, 6.07) is 17.3. The van der Waals surface area contributed by atoms with E-state index in [4.69, 9.17) is 4.74 Å². The molecule has 2 aromatic carbocycles. The summed E-state index contributed by atoms with van der Waals surface area (Å²) >= 11 is 0. The van der Waals surface area contributed by atoms with Gasteiger partial charge in [0, 0.05) is 18.0 Å². The average molecular weight is 417 g/mol. The summed E-state index contributed by atoms with van der Waals surface area (Å²) in [4.78, 5) is 28.2. The highest BCUT2D eigenvalue weighted by Gasteiger charge is 2.38. The number of allylic oxidation sites excluding steroid dienone is 1. The number of rotatable bonds is 7. The van der Waals surface area contributed by atoms with Gasteiger partial charge in [-0.2, -0.15) is 5.26 Å². The van der Waals surface area contributed by atoms with E-state index in [0.29, 0.717) is 23.3 Å². The number of carbonyl (C=O) groups is 2. The van der Waals surface area contributed by atoms with Gasteiger partial charge in [-0.25, -0.2) is 4.79 Å². The number of nitrogens with zero attached hydrogens (tertiary/aromatic N) is 2. The molecular weight excluding hydrogens is 388 g/mol. The van der Waals surface area contributed by atoms with Crippen LogP contribution in [0.3, 0.4) is 0 Å². The van der Waals surface area contributed by atoms with Gasteiger partial charge in [0.2, 0.25) is 5.91 Å². The molecule has 1 aliphatic heterocycles. The number of hydrogen-bond acceptors (Lipinski definition) is 4. The van der Waals surface area contributed by atoms with Crippen LogP contribution in [-0.2, 0) is 20.9 Å². The van der Waals surface area contributed by atoms with E-state index in [-0.39, 0.29) is 37.4 Å². The van der Waals surface area contributed by atoms with Crippen molar-refractivity contribution in [1.29, 1.82) is 5.26 Å². The van der Waals surface area contributed by atoms with Crippen LogP contribution in [0, 0.1) is 18.3 Å². The van der Waals surface area contributed by atoms with Crippen molar-refractivity contribution in [3.63, 3.8) is 0 Å². The van der Waals surface area contributed by atoms with E-state index in [2.05, 4.69) is 6.07 Å². The summed E-state index contributed by atoms with van der Waals surface area (Å²) in [5.41, 5.74) is 4.59. The highest BCUT2D eigenvalue weighted by atomic mass is 16.5.